The van der Waals surface area contributed by atoms with Crippen molar-refractivity contribution in [3.63, 3.8) is 0 Å². The Morgan fingerprint density at radius 1 is 1.57 bits per heavy atom. The second-order valence-corrected chi connectivity index (χ2v) is 3.76. The predicted molar refractivity (Wildman–Crippen MR) is 62.4 cm³/mol. The standard InChI is InChI=1S/C12H18N2/c1-6-11-12(14-9(4)5)10(7-13-11)8(2)3/h6-7,9,13H,2H2,1,3-5H3/b11-6+,14-12?. The number of aliphatic imine (C=N–C) groups is 1. The van der Waals surface area contributed by atoms with Gasteiger partial charge in [-0.25, -0.2) is 0 Å². The molecule has 0 aliphatic carbocycles. The molecule has 1 aliphatic rings. The molecule has 2 heteroatoms. The summed E-state index contributed by atoms with van der Waals surface area (Å²) in [5.74, 6) is 0. The quantitative estimate of drug-likeness (QED) is 0.711. The normalized spacial score (nSPS) is 21.6. The van der Waals surface area contributed by atoms with Crippen LogP contribution < -0.4 is 5.32 Å². The summed E-state index contributed by atoms with van der Waals surface area (Å²) in [5.41, 5.74) is 4.28. The first kappa shape index (κ1) is 10.8. The second-order valence-electron chi connectivity index (χ2n) is 3.76. The van der Waals surface area contributed by atoms with Gasteiger partial charge in [0.05, 0.1) is 11.4 Å². The van der Waals surface area contributed by atoms with Gasteiger partial charge in [-0.05, 0) is 33.3 Å². The minimum absolute atomic E-state index is 0.308. The SMILES string of the molecule is C=C(C)C1=CN/C(=C/C)C1=NC(C)C. The number of hydrogen-bond acceptors (Lipinski definition) is 2. The zero-order valence-electron chi connectivity index (χ0n) is 9.39. The largest absolute Gasteiger partial charge is 0.360 e. The lowest BCUT2D eigenvalue weighted by atomic mass is 10.1. The summed E-state index contributed by atoms with van der Waals surface area (Å²) in [7, 11) is 0. The van der Waals surface area contributed by atoms with Crippen LogP contribution in [-0.4, -0.2) is 11.8 Å². The van der Waals surface area contributed by atoms with Crippen molar-refractivity contribution in [2.75, 3.05) is 0 Å². The van der Waals surface area contributed by atoms with Crippen molar-refractivity contribution < 1.29 is 0 Å². The van der Waals surface area contributed by atoms with Gasteiger partial charge < -0.3 is 5.32 Å². The summed E-state index contributed by atoms with van der Waals surface area (Å²) >= 11 is 0. The molecule has 0 fully saturated rings. The highest BCUT2D eigenvalue weighted by molar-refractivity contribution is 6.16. The molecule has 1 rings (SSSR count). The fraction of sp³-hybridized carbons (Fsp3) is 0.417. The van der Waals surface area contributed by atoms with Crippen molar-refractivity contribution in [2.45, 2.75) is 33.7 Å². The number of nitrogens with one attached hydrogen (secondary N) is 1. The summed E-state index contributed by atoms with van der Waals surface area (Å²) in [4.78, 5) is 4.59. The third-order valence-corrected chi connectivity index (χ3v) is 2.02. The van der Waals surface area contributed by atoms with E-state index in [1.165, 1.54) is 0 Å². The zero-order chi connectivity index (χ0) is 10.7. The van der Waals surface area contributed by atoms with Crippen molar-refractivity contribution in [2.24, 2.45) is 4.99 Å². The third-order valence-electron chi connectivity index (χ3n) is 2.02. The van der Waals surface area contributed by atoms with Crippen LogP contribution in [0.3, 0.4) is 0 Å². The Morgan fingerprint density at radius 3 is 2.64 bits per heavy atom. The van der Waals surface area contributed by atoms with Gasteiger partial charge in [-0.2, -0.15) is 0 Å². The van der Waals surface area contributed by atoms with E-state index in [0.717, 1.165) is 22.6 Å². The van der Waals surface area contributed by atoms with E-state index in [1.54, 1.807) is 0 Å². The molecule has 0 saturated carbocycles. The van der Waals surface area contributed by atoms with Gasteiger partial charge in [-0.1, -0.05) is 12.7 Å². The van der Waals surface area contributed by atoms with E-state index in [9.17, 15) is 0 Å². The topological polar surface area (TPSA) is 24.4 Å². The predicted octanol–water partition coefficient (Wildman–Crippen LogP) is 2.80. The minimum atomic E-state index is 0.308. The smallest absolute Gasteiger partial charge is 0.0898 e. The molecule has 0 unspecified atom stereocenters. The van der Waals surface area contributed by atoms with Crippen molar-refractivity contribution in [3.05, 3.63) is 35.7 Å². The summed E-state index contributed by atoms with van der Waals surface area (Å²) in [6.07, 6.45) is 4.01. The molecule has 0 saturated heterocycles. The first-order chi connectivity index (χ1) is 6.56. The van der Waals surface area contributed by atoms with Crippen LogP contribution in [0.25, 0.3) is 0 Å². The van der Waals surface area contributed by atoms with Gasteiger partial charge in [-0.3, -0.25) is 4.99 Å². The number of rotatable bonds is 2. The Labute approximate surface area is 86.1 Å². The van der Waals surface area contributed by atoms with Crippen molar-refractivity contribution >= 4 is 5.71 Å². The van der Waals surface area contributed by atoms with E-state index in [-0.39, 0.29) is 0 Å². The fourth-order valence-corrected chi connectivity index (χ4v) is 1.37. The van der Waals surface area contributed by atoms with Crippen LogP contribution in [0, 0.1) is 0 Å². The van der Waals surface area contributed by atoms with E-state index in [2.05, 4.69) is 30.7 Å². The summed E-state index contributed by atoms with van der Waals surface area (Å²) < 4.78 is 0. The molecule has 1 aliphatic heterocycles. The highest BCUT2D eigenvalue weighted by Gasteiger charge is 2.18. The van der Waals surface area contributed by atoms with E-state index in [1.807, 2.05) is 26.1 Å². The summed E-state index contributed by atoms with van der Waals surface area (Å²) in [6, 6.07) is 0.308. The molecule has 0 aromatic rings. The van der Waals surface area contributed by atoms with Crippen LogP contribution in [0.2, 0.25) is 0 Å². The van der Waals surface area contributed by atoms with Crippen LogP contribution in [-0.2, 0) is 0 Å². The molecule has 14 heavy (non-hydrogen) atoms. The van der Waals surface area contributed by atoms with Gasteiger partial charge in [0.25, 0.3) is 0 Å². The summed E-state index contributed by atoms with van der Waals surface area (Å²) in [6.45, 7) is 12.1. The Hall–Kier alpha value is -1.31. The fourth-order valence-electron chi connectivity index (χ4n) is 1.37. The molecule has 1 heterocycles. The van der Waals surface area contributed by atoms with Gasteiger partial charge in [0.2, 0.25) is 0 Å². The summed E-state index contributed by atoms with van der Waals surface area (Å²) in [5, 5.41) is 3.20. The van der Waals surface area contributed by atoms with Gasteiger partial charge in [-0.15, -0.1) is 0 Å². The molecule has 0 atom stereocenters. The molecule has 76 valence electrons. The molecular weight excluding hydrogens is 172 g/mol. The Bertz CT molecular complexity index is 330. The number of nitrogens with zero attached hydrogens (tertiary/aromatic N) is 1. The Balaban J connectivity index is 3.07. The molecule has 0 radical (unpaired) electrons. The Kier molecular flexibility index (Phi) is 3.28. The highest BCUT2D eigenvalue weighted by Crippen LogP contribution is 2.19. The van der Waals surface area contributed by atoms with E-state index >= 15 is 0 Å². The van der Waals surface area contributed by atoms with Gasteiger partial charge in [0, 0.05) is 17.8 Å². The van der Waals surface area contributed by atoms with Gasteiger partial charge >= 0.3 is 0 Å². The van der Waals surface area contributed by atoms with Crippen molar-refractivity contribution in [1.29, 1.82) is 0 Å². The van der Waals surface area contributed by atoms with E-state index in [4.69, 9.17) is 0 Å². The lowest BCUT2D eigenvalue weighted by molar-refractivity contribution is 0.836. The minimum Gasteiger partial charge on any atom is -0.360 e. The lowest BCUT2D eigenvalue weighted by Crippen LogP contribution is -2.10. The monoisotopic (exact) mass is 190 g/mol. The maximum atomic E-state index is 4.59. The van der Waals surface area contributed by atoms with Crippen molar-refractivity contribution in [3.8, 4) is 0 Å². The Morgan fingerprint density at radius 2 is 2.21 bits per heavy atom. The average Bonchev–Trinajstić information content (AvgIpc) is 2.46. The van der Waals surface area contributed by atoms with Crippen LogP contribution >= 0.6 is 0 Å². The average molecular weight is 190 g/mol. The van der Waals surface area contributed by atoms with Gasteiger partial charge in [0.1, 0.15) is 0 Å². The maximum absolute atomic E-state index is 4.59. The third kappa shape index (κ3) is 2.13. The van der Waals surface area contributed by atoms with E-state index < -0.39 is 0 Å². The maximum Gasteiger partial charge on any atom is 0.0898 e. The molecule has 0 spiro atoms. The van der Waals surface area contributed by atoms with Crippen molar-refractivity contribution in [1.82, 2.24) is 5.32 Å². The van der Waals surface area contributed by atoms with Gasteiger partial charge in [0.15, 0.2) is 0 Å². The van der Waals surface area contributed by atoms with Crippen LogP contribution in [0.5, 0.6) is 0 Å². The first-order valence-corrected chi connectivity index (χ1v) is 4.93. The van der Waals surface area contributed by atoms with Crippen LogP contribution in [0.15, 0.2) is 40.7 Å². The molecule has 2 nitrogen and oxygen atoms in total. The molecule has 0 aromatic heterocycles. The molecular formula is C12H18N2. The molecule has 1 N–H and O–H groups in total. The highest BCUT2D eigenvalue weighted by atomic mass is 14.9. The first-order valence-electron chi connectivity index (χ1n) is 4.93. The molecule has 0 bridgehead atoms. The lowest BCUT2D eigenvalue weighted by Gasteiger charge is -2.07. The van der Waals surface area contributed by atoms with Crippen LogP contribution in [0.4, 0.5) is 0 Å². The second kappa shape index (κ2) is 4.27. The molecule has 0 aromatic carbocycles. The zero-order valence-corrected chi connectivity index (χ0v) is 9.39. The van der Waals surface area contributed by atoms with Crippen LogP contribution in [0.1, 0.15) is 27.7 Å². The van der Waals surface area contributed by atoms with E-state index in [0.29, 0.717) is 6.04 Å². The number of allylic oxidation sites excluding steroid dienone is 3. The molecule has 0 amide bonds. The number of hydrogen-bond donors (Lipinski definition) is 1.